The maximum absolute atomic E-state index is 6.21. The van der Waals surface area contributed by atoms with Crippen LogP contribution in [0.4, 0.5) is 5.69 Å². The van der Waals surface area contributed by atoms with Gasteiger partial charge in [-0.25, -0.2) is 0 Å². The average molecular weight is 325 g/mol. The molecule has 1 N–H and O–H groups in total. The third kappa shape index (κ3) is 3.06. The molecule has 0 saturated carbocycles. The van der Waals surface area contributed by atoms with E-state index in [1.165, 1.54) is 11.1 Å². The number of nitrogens with one attached hydrogen (secondary N) is 1. The van der Waals surface area contributed by atoms with Gasteiger partial charge in [0, 0.05) is 10.5 Å². The lowest BCUT2D eigenvalue weighted by molar-refractivity contribution is 0.874. The van der Waals surface area contributed by atoms with Gasteiger partial charge in [0.05, 0.1) is 10.7 Å². The third-order valence-electron chi connectivity index (χ3n) is 2.96. The van der Waals surface area contributed by atoms with Gasteiger partial charge in [0.2, 0.25) is 0 Å². The minimum atomic E-state index is 0.227. The zero-order chi connectivity index (χ0) is 13.1. The first kappa shape index (κ1) is 13.4. The van der Waals surface area contributed by atoms with E-state index in [-0.39, 0.29) is 6.04 Å². The Kier molecular flexibility index (Phi) is 4.31. The van der Waals surface area contributed by atoms with Crippen molar-refractivity contribution in [2.24, 2.45) is 0 Å². The lowest BCUT2D eigenvalue weighted by atomic mass is 10.0. The van der Waals surface area contributed by atoms with Crippen LogP contribution in [-0.4, -0.2) is 0 Å². The molecule has 3 heteroatoms. The van der Waals surface area contributed by atoms with Gasteiger partial charge in [-0.05, 0) is 43.2 Å². The third-order valence-corrected chi connectivity index (χ3v) is 3.76. The van der Waals surface area contributed by atoms with Crippen molar-refractivity contribution in [3.8, 4) is 0 Å². The number of hydrogen-bond acceptors (Lipinski definition) is 1. The zero-order valence-electron chi connectivity index (χ0n) is 10.4. The molecule has 0 bridgehead atoms. The van der Waals surface area contributed by atoms with E-state index in [1.54, 1.807) is 0 Å². The Hall–Kier alpha value is -0.990. The van der Waals surface area contributed by atoms with Crippen molar-refractivity contribution < 1.29 is 0 Å². The van der Waals surface area contributed by atoms with Gasteiger partial charge in [0.25, 0.3) is 0 Å². The zero-order valence-corrected chi connectivity index (χ0v) is 12.7. The van der Waals surface area contributed by atoms with Gasteiger partial charge in [-0.1, -0.05) is 51.8 Å². The van der Waals surface area contributed by atoms with Crippen molar-refractivity contribution in [2.75, 3.05) is 5.32 Å². The van der Waals surface area contributed by atoms with Crippen molar-refractivity contribution in [3.05, 3.63) is 63.1 Å². The maximum atomic E-state index is 6.21. The Morgan fingerprint density at radius 2 is 1.89 bits per heavy atom. The molecule has 2 rings (SSSR count). The molecule has 0 heterocycles. The summed E-state index contributed by atoms with van der Waals surface area (Å²) in [4.78, 5) is 0. The van der Waals surface area contributed by atoms with Crippen molar-refractivity contribution in [1.29, 1.82) is 0 Å². The number of hydrogen-bond donors (Lipinski definition) is 1. The highest BCUT2D eigenvalue weighted by atomic mass is 79.9. The van der Waals surface area contributed by atoms with Crippen LogP contribution in [-0.2, 0) is 0 Å². The molecule has 0 fully saturated rings. The molecule has 0 spiro atoms. The number of aryl methyl sites for hydroxylation is 1. The number of anilines is 1. The number of rotatable bonds is 3. The standard InChI is InChI=1S/C15H15BrClN/c1-10-5-3-4-6-13(10)11(2)18-15-8-7-12(16)9-14(15)17/h3-9,11,18H,1-2H3. The normalized spacial score (nSPS) is 12.2. The van der Waals surface area contributed by atoms with E-state index in [9.17, 15) is 0 Å². The van der Waals surface area contributed by atoms with Crippen LogP contribution in [0.25, 0.3) is 0 Å². The Morgan fingerprint density at radius 3 is 2.56 bits per heavy atom. The summed E-state index contributed by atoms with van der Waals surface area (Å²) in [6.45, 7) is 4.26. The molecule has 18 heavy (non-hydrogen) atoms. The highest BCUT2D eigenvalue weighted by Gasteiger charge is 2.09. The molecule has 2 aromatic rings. The quantitative estimate of drug-likeness (QED) is 0.776. The number of halogens is 2. The smallest absolute Gasteiger partial charge is 0.0648 e. The van der Waals surface area contributed by atoms with Gasteiger partial charge < -0.3 is 5.32 Å². The van der Waals surface area contributed by atoms with Crippen LogP contribution < -0.4 is 5.32 Å². The molecule has 0 aliphatic carbocycles. The summed E-state index contributed by atoms with van der Waals surface area (Å²) in [6.07, 6.45) is 0. The predicted molar refractivity (Wildman–Crippen MR) is 82.4 cm³/mol. The van der Waals surface area contributed by atoms with E-state index in [0.717, 1.165) is 15.2 Å². The van der Waals surface area contributed by atoms with Crippen molar-refractivity contribution in [3.63, 3.8) is 0 Å². The highest BCUT2D eigenvalue weighted by molar-refractivity contribution is 9.10. The Morgan fingerprint density at radius 1 is 1.17 bits per heavy atom. The molecule has 0 amide bonds. The second kappa shape index (κ2) is 5.77. The second-order valence-corrected chi connectivity index (χ2v) is 5.67. The van der Waals surface area contributed by atoms with Crippen LogP contribution in [0.5, 0.6) is 0 Å². The molecule has 1 atom stereocenters. The van der Waals surface area contributed by atoms with E-state index in [4.69, 9.17) is 11.6 Å². The van der Waals surface area contributed by atoms with Gasteiger partial charge in [-0.2, -0.15) is 0 Å². The summed E-state index contributed by atoms with van der Waals surface area (Å²) in [6, 6.07) is 14.5. The van der Waals surface area contributed by atoms with E-state index in [2.05, 4.69) is 59.4 Å². The van der Waals surface area contributed by atoms with Crippen molar-refractivity contribution in [2.45, 2.75) is 19.9 Å². The Bertz CT molecular complexity index is 554. The fourth-order valence-corrected chi connectivity index (χ4v) is 2.72. The highest BCUT2D eigenvalue weighted by Crippen LogP contribution is 2.29. The number of benzene rings is 2. The molecule has 94 valence electrons. The lowest BCUT2D eigenvalue weighted by Crippen LogP contribution is -2.08. The topological polar surface area (TPSA) is 12.0 Å². The van der Waals surface area contributed by atoms with E-state index < -0.39 is 0 Å². The van der Waals surface area contributed by atoms with Crippen LogP contribution >= 0.6 is 27.5 Å². The molecular weight excluding hydrogens is 310 g/mol. The molecule has 1 unspecified atom stereocenters. The van der Waals surface area contributed by atoms with Gasteiger partial charge in [-0.15, -0.1) is 0 Å². The first-order chi connectivity index (χ1) is 8.58. The predicted octanol–water partition coefficient (Wildman–Crippen LogP) is 5.58. The summed E-state index contributed by atoms with van der Waals surface area (Å²) < 4.78 is 0.988. The molecule has 0 aliphatic rings. The molecule has 1 nitrogen and oxygen atoms in total. The molecule has 0 radical (unpaired) electrons. The molecule has 0 saturated heterocycles. The van der Waals surface area contributed by atoms with Crippen LogP contribution in [0.2, 0.25) is 5.02 Å². The van der Waals surface area contributed by atoms with Crippen molar-refractivity contribution in [1.82, 2.24) is 0 Å². The molecular formula is C15H15BrClN. The average Bonchev–Trinajstić information content (AvgIpc) is 2.33. The molecule has 2 aromatic carbocycles. The summed E-state index contributed by atoms with van der Waals surface area (Å²) in [7, 11) is 0. The van der Waals surface area contributed by atoms with Gasteiger partial charge in [0.1, 0.15) is 0 Å². The minimum absolute atomic E-state index is 0.227. The van der Waals surface area contributed by atoms with Gasteiger partial charge >= 0.3 is 0 Å². The van der Waals surface area contributed by atoms with Crippen LogP contribution in [0.1, 0.15) is 24.1 Å². The van der Waals surface area contributed by atoms with Crippen molar-refractivity contribution >= 4 is 33.2 Å². The van der Waals surface area contributed by atoms with Crippen LogP contribution in [0.3, 0.4) is 0 Å². The first-order valence-electron chi connectivity index (χ1n) is 5.85. The van der Waals surface area contributed by atoms with Crippen LogP contribution in [0.15, 0.2) is 46.9 Å². The van der Waals surface area contributed by atoms with E-state index in [0.29, 0.717) is 0 Å². The minimum Gasteiger partial charge on any atom is -0.377 e. The molecule has 0 aliphatic heterocycles. The summed E-state index contributed by atoms with van der Waals surface area (Å²) in [5, 5.41) is 4.17. The second-order valence-electron chi connectivity index (χ2n) is 4.35. The molecule has 0 aromatic heterocycles. The van der Waals surface area contributed by atoms with Gasteiger partial charge in [0.15, 0.2) is 0 Å². The summed E-state index contributed by atoms with van der Waals surface area (Å²) in [5.41, 5.74) is 3.53. The Labute approximate surface area is 121 Å². The van der Waals surface area contributed by atoms with E-state index >= 15 is 0 Å². The van der Waals surface area contributed by atoms with Gasteiger partial charge in [-0.3, -0.25) is 0 Å². The monoisotopic (exact) mass is 323 g/mol. The maximum Gasteiger partial charge on any atom is 0.0648 e. The largest absolute Gasteiger partial charge is 0.377 e. The Balaban J connectivity index is 2.21. The fraction of sp³-hybridized carbons (Fsp3) is 0.200. The van der Waals surface area contributed by atoms with Crippen LogP contribution in [0, 0.1) is 6.92 Å². The first-order valence-corrected chi connectivity index (χ1v) is 7.02. The summed E-state index contributed by atoms with van der Waals surface area (Å²) in [5.74, 6) is 0. The summed E-state index contributed by atoms with van der Waals surface area (Å²) >= 11 is 9.62. The van der Waals surface area contributed by atoms with E-state index in [1.807, 2.05) is 18.2 Å². The lowest BCUT2D eigenvalue weighted by Gasteiger charge is -2.18. The SMILES string of the molecule is Cc1ccccc1C(C)Nc1ccc(Br)cc1Cl. The fourth-order valence-electron chi connectivity index (χ4n) is 1.99.